The van der Waals surface area contributed by atoms with Gasteiger partial charge in [0, 0.05) is 0 Å². The van der Waals surface area contributed by atoms with Gasteiger partial charge in [0.25, 0.3) is 21.2 Å². The molecule has 0 aliphatic carbocycles. The summed E-state index contributed by atoms with van der Waals surface area (Å²) < 4.78 is 36.0. The zero-order chi connectivity index (χ0) is 20.9. The predicted octanol–water partition coefficient (Wildman–Crippen LogP) is -8.53. The second-order valence-corrected chi connectivity index (χ2v) is 8.95. The van der Waals surface area contributed by atoms with Crippen molar-refractivity contribution in [2.45, 2.75) is 24.5 Å². The number of nitrogens with zero attached hydrogens (tertiary/aromatic N) is 3. The molecule has 1 fully saturated rings. The largest absolute Gasteiger partial charge is 1.00 e. The maximum Gasteiger partial charge on any atom is 1.00 e. The van der Waals surface area contributed by atoms with E-state index in [1.165, 1.54) is 0 Å². The molecule has 3 heterocycles. The van der Waals surface area contributed by atoms with E-state index < -0.39 is 52.4 Å². The Balaban J connectivity index is 0.00000225. The molecule has 15 nitrogen and oxygen atoms in total. The van der Waals surface area contributed by atoms with Crippen LogP contribution in [0.3, 0.4) is 0 Å². The second-order valence-electron chi connectivity index (χ2n) is 5.49. The Hall–Kier alpha value is 0.970. The number of hydrogen-bond acceptors (Lipinski definition) is 12. The van der Waals surface area contributed by atoms with Crippen molar-refractivity contribution in [1.82, 2.24) is 19.5 Å². The van der Waals surface area contributed by atoms with Crippen LogP contribution in [0.1, 0.15) is 6.23 Å². The van der Waals surface area contributed by atoms with Crippen LogP contribution in [0.4, 0.5) is 0 Å². The molecule has 1 aliphatic heterocycles. The molecule has 156 valence electrons. The first-order valence-electron chi connectivity index (χ1n) is 7.23. The van der Waals surface area contributed by atoms with E-state index in [-0.39, 0.29) is 75.0 Å². The number of aliphatic hydroxyl groups excluding tert-OH is 2. The van der Waals surface area contributed by atoms with Gasteiger partial charge in [-0.25, -0.2) is 14.3 Å². The van der Waals surface area contributed by atoms with Gasteiger partial charge in [0.2, 0.25) is 0 Å². The van der Waals surface area contributed by atoms with Gasteiger partial charge in [-0.2, -0.15) is 0 Å². The van der Waals surface area contributed by atoms with E-state index in [0.29, 0.717) is 0 Å². The van der Waals surface area contributed by atoms with E-state index in [2.05, 4.69) is 39.7 Å². The van der Waals surface area contributed by atoms with Gasteiger partial charge < -0.3 is 39.1 Å². The molecule has 4 N–H and O–H groups in total. The number of fused-ring (bicyclic) bond motifs is 1. The van der Waals surface area contributed by atoms with Crippen molar-refractivity contribution in [2.75, 3.05) is 6.61 Å². The Labute approximate surface area is 219 Å². The maximum absolute atomic E-state index is 11.8. The Bertz CT molecular complexity index is 1050. The normalized spacial score (nSPS) is 27.7. The molecular formula is C10H11BrN4Na2O11P2. The Kier molecular flexibility index (Phi) is 10.6. The van der Waals surface area contributed by atoms with Crippen LogP contribution < -0.4 is 74.5 Å². The van der Waals surface area contributed by atoms with Gasteiger partial charge in [-0.15, -0.1) is 0 Å². The fourth-order valence-electron chi connectivity index (χ4n) is 2.51. The van der Waals surface area contributed by atoms with Crippen LogP contribution in [0.2, 0.25) is 0 Å². The van der Waals surface area contributed by atoms with Gasteiger partial charge >= 0.3 is 59.1 Å². The molecular weight excluding hydrogens is 540 g/mol. The maximum atomic E-state index is 11.8. The van der Waals surface area contributed by atoms with Crippen molar-refractivity contribution in [3.05, 3.63) is 21.4 Å². The third kappa shape index (κ3) is 6.52. The number of halogens is 1. The van der Waals surface area contributed by atoms with Gasteiger partial charge in [0.15, 0.2) is 22.1 Å². The van der Waals surface area contributed by atoms with Crippen molar-refractivity contribution in [3.63, 3.8) is 0 Å². The molecule has 0 aromatic carbocycles. The van der Waals surface area contributed by atoms with Crippen LogP contribution in [-0.2, 0) is 22.7 Å². The number of phosphoric ester groups is 1. The van der Waals surface area contributed by atoms with Crippen molar-refractivity contribution in [3.8, 4) is 0 Å². The van der Waals surface area contributed by atoms with Gasteiger partial charge in [-0.05, 0) is 15.9 Å². The average Bonchev–Trinajstić information content (AvgIpc) is 3.02. The number of rotatable bonds is 6. The molecule has 0 saturated carbocycles. The number of imidazole rings is 1. The molecule has 0 amide bonds. The summed E-state index contributed by atoms with van der Waals surface area (Å²) in [6.45, 7) is -0.951. The first-order chi connectivity index (χ1) is 12.9. The Morgan fingerprint density at radius 2 is 1.93 bits per heavy atom. The molecule has 0 spiro atoms. The summed E-state index contributed by atoms with van der Waals surface area (Å²) in [4.78, 5) is 52.2. The third-order valence-electron chi connectivity index (χ3n) is 3.63. The average molecular weight is 551 g/mol. The number of aliphatic hydroxyl groups is 2. The number of H-pyrrole nitrogens is 1. The number of nitrogens with one attached hydrogen (secondary N) is 1. The van der Waals surface area contributed by atoms with Crippen molar-refractivity contribution in [2.24, 2.45) is 0 Å². The molecule has 0 bridgehead atoms. The smallest absolute Gasteiger partial charge is 0.756 e. The molecule has 1 saturated heterocycles. The fraction of sp³-hybridized carbons (Fsp3) is 0.500. The van der Waals surface area contributed by atoms with Gasteiger partial charge in [-0.1, -0.05) is 0 Å². The summed E-state index contributed by atoms with van der Waals surface area (Å²) >= 11 is 3.07. The summed E-state index contributed by atoms with van der Waals surface area (Å²) in [6, 6.07) is 0. The van der Waals surface area contributed by atoms with Gasteiger partial charge in [-0.3, -0.25) is 18.5 Å². The molecule has 2 aromatic heterocycles. The van der Waals surface area contributed by atoms with Crippen molar-refractivity contribution < 1.29 is 107 Å². The number of aromatic nitrogens is 4. The SMILES string of the molecule is O=c1[nH]cnc2c1nc(Br)n2[C@@H]1O[C@H](COP(=O)([O-])OP(=O)([O-])O)[C@@H](O)[C@H]1O.[Na+].[Na+]. The van der Waals surface area contributed by atoms with Crippen LogP contribution >= 0.6 is 31.6 Å². The molecule has 2 aromatic rings. The van der Waals surface area contributed by atoms with Gasteiger partial charge in [0.05, 0.1) is 12.9 Å². The number of hydrogen-bond donors (Lipinski definition) is 4. The minimum atomic E-state index is -5.63. The first kappa shape index (κ1) is 29.0. The third-order valence-corrected chi connectivity index (χ3v) is 6.28. The summed E-state index contributed by atoms with van der Waals surface area (Å²) in [7, 11) is -11.1. The van der Waals surface area contributed by atoms with E-state index in [4.69, 9.17) is 9.63 Å². The fourth-order valence-corrected chi connectivity index (χ4v) is 4.59. The molecule has 0 radical (unpaired) electrons. The van der Waals surface area contributed by atoms with Crippen LogP contribution in [-0.4, -0.2) is 59.5 Å². The molecule has 1 aliphatic rings. The Morgan fingerprint density at radius 3 is 2.53 bits per heavy atom. The molecule has 6 atom stereocenters. The summed E-state index contributed by atoms with van der Waals surface area (Å²) in [5, 5.41) is 20.3. The van der Waals surface area contributed by atoms with Crippen molar-refractivity contribution in [1.29, 1.82) is 0 Å². The summed E-state index contributed by atoms with van der Waals surface area (Å²) in [5.41, 5.74) is -0.669. The zero-order valence-electron chi connectivity index (χ0n) is 15.3. The van der Waals surface area contributed by atoms with Crippen molar-refractivity contribution >= 4 is 42.7 Å². The zero-order valence-corrected chi connectivity index (χ0v) is 22.7. The van der Waals surface area contributed by atoms with Crippen LogP contribution in [0.25, 0.3) is 11.2 Å². The molecule has 30 heavy (non-hydrogen) atoms. The van der Waals surface area contributed by atoms with E-state index in [1.54, 1.807) is 0 Å². The van der Waals surface area contributed by atoms with E-state index in [9.17, 15) is 33.9 Å². The standard InChI is InChI=1S/C10H13BrN4O11P2.2Na/c11-10-14-4-7(12-2-13-8(4)18)15(10)9-6(17)5(16)3(25-9)1-24-28(22,23)26-27(19,20)21;;/h2-3,5-6,9,16-17H,1H2,(H,22,23)(H,12,13,18)(H2,19,20,21);;/q;2*+1/p-2/t3-,5-,6-,9-;;/m1../s1. The summed E-state index contributed by atoms with van der Waals surface area (Å²) in [5.74, 6) is 0. The first-order valence-corrected chi connectivity index (χ1v) is 11.0. The minimum absolute atomic E-state index is 0. The molecule has 20 heteroatoms. The monoisotopic (exact) mass is 550 g/mol. The minimum Gasteiger partial charge on any atom is -0.756 e. The van der Waals surface area contributed by atoms with Crippen LogP contribution in [0, 0.1) is 0 Å². The van der Waals surface area contributed by atoms with E-state index in [1.807, 2.05) is 0 Å². The predicted molar refractivity (Wildman–Crippen MR) is 86.2 cm³/mol. The van der Waals surface area contributed by atoms with Crippen LogP contribution in [0.15, 0.2) is 15.9 Å². The Morgan fingerprint density at radius 1 is 1.30 bits per heavy atom. The van der Waals surface area contributed by atoms with Crippen LogP contribution in [0.5, 0.6) is 0 Å². The molecule has 2 unspecified atom stereocenters. The quantitative estimate of drug-likeness (QED) is 0.149. The number of phosphoric acid groups is 2. The van der Waals surface area contributed by atoms with Gasteiger partial charge in [0.1, 0.15) is 18.3 Å². The summed E-state index contributed by atoms with van der Waals surface area (Å²) in [6.07, 6.45) is -5.03. The van der Waals surface area contributed by atoms with E-state index in [0.717, 1.165) is 10.9 Å². The number of aromatic amines is 1. The number of ether oxygens (including phenoxy) is 1. The molecule has 3 rings (SSSR count). The topological polar surface area (TPSA) is 232 Å². The second kappa shape index (κ2) is 10.9. The van der Waals surface area contributed by atoms with E-state index >= 15 is 0 Å².